The molecule has 3 aliphatic heterocycles. The molecule has 0 bridgehead atoms. The highest BCUT2D eigenvalue weighted by Gasteiger charge is 2.50. The summed E-state index contributed by atoms with van der Waals surface area (Å²) >= 11 is 0. The van der Waals surface area contributed by atoms with E-state index in [0.29, 0.717) is 24.5 Å². The van der Waals surface area contributed by atoms with Crippen molar-refractivity contribution in [2.24, 2.45) is 17.3 Å². The van der Waals surface area contributed by atoms with E-state index in [9.17, 15) is 8.78 Å². The van der Waals surface area contributed by atoms with Crippen LogP contribution in [0.5, 0.6) is 0 Å². The smallest absolute Gasteiger partial charge is 0.253 e. The van der Waals surface area contributed by atoms with Gasteiger partial charge in [-0.15, -0.1) is 0 Å². The van der Waals surface area contributed by atoms with Crippen LogP contribution in [0.2, 0.25) is 0 Å². The van der Waals surface area contributed by atoms with Gasteiger partial charge in [-0.05, 0) is 76.0 Å². The maximum Gasteiger partial charge on any atom is 0.253 e. The molecule has 1 aliphatic carbocycles. The van der Waals surface area contributed by atoms with Crippen LogP contribution in [0.4, 0.5) is 8.78 Å². The summed E-state index contributed by atoms with van der Waals surface area (Å²) in [6, 6.07) is 0.578. The second-order valence-corrected chi connectivity index (χ2v) is 9.46. The summed E-state index contributed by atoms with van der Waals surface area (Å²) < 4.78 is 27.4. The van der Waals surface area contributed by atoms with Crippen LogP contribution in [0.25, 0.3) is 0 Å². The van der Waals surface area contributed by atoms with Gasteiger partial charge in [0.1, 0.15) is 0 Å². The number of hydrogen-bond donors (Lipinski definition) is 1. The molecule has 0 aromatic heterocycles. The standard InChI is InChI=1S/C20H35F2N3.C2H6/c1-16-14-25(11-6-20(16,21)22)18-12-19(13-18)4-9-24(10-5-19)15-17-2-7-23-8-3-17;1-2/h16-18,23H,2-15H2,1H3;1-2H3. The van der Waals surface area contributed by atoms with Gasteiger partial charge in [0.05, 0.1) is 0 Å². The average Bonchev–Trinajstić information content (AvgIpc) is 2.66. The van der Waals surface area contributed by atoms with Crippen molar-refractivity contribution in [1.29, 1.82) is 0 Å². The summed E-state index contributed by atoms with van der Waals surface area (Å²) in [6.07, 6.45) is 7.89. The van der Waals surface area contributed by atoms with E-state index in [4.69, 9.17) is 0 Å². The Morgan fingerprint density at radius 2 is 1.59 bits per heavy atom. The molecule has 0 aromatic carbocycles. The van der Waals surface area contributed by atoms with Crippen molar-refractivity contribution >= 4 is 0 Å². The third kappa shape index (κ3) is 5.02. The quantitative estimate of drug-likeness (QED) is 0.784. The van der Waals surface area contributed by atoms with Crippen molar-refractivity contribution in [2.45, 2.75) is 77.7 Å². The number of halogens is 2. The van der Waals surface area contributed by atoms with Gasteiger partial charge in [0.15, 0.2) is 0 Å². The molecule has 1 unspecified atom stereocenters. The zero-order chi connectivity index (χ0) is 19.5. The predicted octanol–water partition coefficient (Wildman–Crippen LogP) is 4.23. The highest BCUT2D eigenvalue weighted by atomic mass is 19.3. The Balaban J connectivity index is 0.00000102. The molecule has 0 radical (unpaired) electrons. The molecule has 1 atom stereocenters. The Hall–Kier alpha value is -0.260. The Morgan fingerprint density at radius 1 is 0.963 bits per heavy atom. The Kier molecular flexibility index (Phi) is 7.18. The summed E-state index contributed by atoms with van der Waals surface area (Å²) in [6.45, 7) is 13.1. The number of piperidine rings is 3. The van der Waals surface area contributed by atoms with Crippen molar-refractivity contribution in [2.75, 3.05) is 45.8 Å². The van der Waals surface area contributed by atoms with Gasteiger partial charge in [-0.25, -0.2) is 8.78 Å². The van der Waals surface area contributed by atoms with E-state index in [1.807, 2.05) is 13.8 Å². The summed E-state index contributed by atoms with van der Waals surface area (Å²) in [7, 11) is 0. The molecule has 0 amide bonds. The first-order valence-electron chi connectivity index (χ1n) is 11.5. The zero-order valence-corrected chi connectivity index (χ0v) is 17.8. The van der Waals surface area contributed by atoms with E-state index < -0.39 is 11.8 Å². The van der Waals surface area contributed by atoms with Gasteiger partial charge < -0.3 is 10.2 Å². The molecule has 27 heavy (non-hydrogen) atoms. The van der Waals surface area contributed by atoms with Crippen LogP contribution in [-0.4, -0.2) is 67.6 Å². The van der Waals surface area contributed by atoms with E-state index in [-0.39, 0.29) is 6.42 Å². The van der Waals surface area contributed by atoms with Gasteiger partial charge >= 0.3 is 0 Å². The maximum atomic E-state index is 13.7. The monoisotopic (exact) mass is 385 g/mol. The van der Waals surface area contributed by atoms with Gasteiger partial charge in [0, 0.05) is 38.0 Å². The molecule has 0 aromatic rings. The van der Waals surface area contributed by atoms with E-state index in [2.05, 4.69) is 15.1 Å². The first-order valence-corrected chi connectivity index (χ1v) is 11.5. The fourth-order valence-electron chi connectivity index (χ4n) is 5.69. The zero-order valence-electron chi connectivity index (χ0n) is 17.8. The summed E-state index contributed by atoms with van der Waals surface area (Å²) in [5.74, 6) is -2.04. The second kappa shape index (κ2) is 9.04. The molecule has 3 heterocycles. The van der Waals surface area contributed by atoms with Crippen LogP contribution in [0.15, 0.2) is 0 Å². The molecule has 1 spiro atoms. The lowest BCUT2D eigenvalue weighted by Gasteiger charge is -2.57. The Labute approximate surface area is 165 Å². The van der Waals surface area contributed by atoms with Gasteiger partial charge in [-0.3, -0.25) is 4.90 Å². The lowest BCUT2D eigenvalue weighted by Crippen LogP contribution is -2.59. The van der Waals surface area contributed by atoms with Gasteiger partial charge in [0.2, 0.25) is 0 Å². The van der Waals surface area contributed by atoms with Crippen LogP contribution in [-0.2, 0) is 0 Å². The lowest BCUT2D eigenvalue weighted by atomic mass is 9.59. The van der Waals surface area contributed by atoms with Crippen LogP contribution in [0, 0.1) is 17.3 Å². The Bertz CT molecular complexity index is 448. The topological polar surface area (TPSA) is 18.5 Å². The second-order valence-electron chi connectivity index (χ2n) is 9.46. The number of nitrogens with zero attached hydrogens (tertiary/aromatic N) is 2. The molecule has 4 rings (SSSR count). The minimum absolute atomic E-state index is 0.0572. The van der Waals surface area contributed by atoms with Crippen molar-refractivity contribution < 1.29 is 8.78 Å². The molecule has 3 saturated heterocycles. The molecule has 1 saturated carbocycles. The summed E-state index contributed by atoms with van der Waals surface area (Å²) in [5, 5.41) is 3.46. The first kappa shape index (κ1) is 21.4. The van der Waals surface area contributed by atoms with Crippen molar-refractivity contribution in [3.05, 3.63) is 0 Å². The summed E-state index contributed by atoms with van der Waals surface area (Å²) in [4.78, 5) is 5.06. The number of nitrogens with one attached hydrogen (secondary N) is 1. The van der Waals surface area contributed by atoms with E-state index >= 15 is 0 Å². The third-order valence-electron chi connectivity index (χ3n) is 7.71. The number of hydrogen-bond acceptors (Lipinski definition) is 3. The van der Waals surface area contributed by atoms with E-state index in [1.165, 1.54) is 71.2 Å². The van der Waals surface area contributed by atoms with Crippen LogP contribution < -0.4 is 5.32 Å². The maximum absolute atomic E-state index is 13.7. The van der Waals surface area contributed by atoms with Crippen molar-refractivity contribution in [1.82, 2.24) is 15.1 Å². The molecule has 5 heteroatoms. The molecule has 158 valence electrons. The van der Waals surface area contributed by atoms with E-state index in [1.54, 1.807) is 6.92 Å². The summed E-state index contributed by atoms with van der Waals surface area (Å²) in [5.41, 5.74) is 0.540. The molecule has 3 nitrogen and oxygen atoms in total. The molecule has 4 aliphatic rings. The van der Waals surface area contributed by atoms with Crippen LogP contribution in [0.3, 0.4) is 0 Å². The number of rotatable bonds is 3. The normalized spacial score (nSPS) is 32.6. The number of alkyl halides is 2. The number of likely N-dealkylation sites (tertiary alicyclic amines) is 2. The van der Waals surface area contributed by atoms with E-state index in [0.717, 1.165) is 5.92 Å². The van der Waals surface area contributed by atoms with Gasteiger partial charge in [0.25, 0.3) is 5.92 Å². The minimum atomic E-state index is -2.45. The van der Waals surface area contributed by atoms with Crippen molar-refractivity contribution in [3.8, 4) is 0 Å². The fraction of sp³-hybridized carbons (Fsp3) is 1.00. The largest absolute Gasteiger partial charge is 0.317 e. The van der Waals surface area contributed by atoms with Crippen molar-refractivity contribution in [3.63, 3.8) is 0 Å². The van der Waals surface area contributed by atoms with Crippen LogP contribution in [0.1, 0.15) is 65.7 Å². The van der Waals surface area contributed by atoms with Gasteiger partial charge in [-0.1, -0.05) is 20.8 Å². The fourth-order valence-corrected chi connectivity index (χ4v) is 5.69. The molecule has 4 fully saturated rings. The molecule has 1 N–H and O–H groups in total. The molecular formula is C22H41F2N3. The highest BCUT2D eigenvalue weighted by molar-refractivity contribution is 5.02. The Morgan fingerprint density at radius 3 is 2.19 bits per heavy atom. The predicted molar refractivity (Wildman–Crippen MR) is 108 cm³/mol. The minimum Gasteiger partial charge on any atom is -0.317 e. The third-order valence-corrected chi connectivity index (χ3v) is 7.71. The van der Waals surface area contributed by atoms with Gasteiger partial charge in [-0.2, -0.15) is 0 Å². The van der Waals surface area contributed by atoms with Crippen LogP contribution >= 0.6 is 0 Å². The lowest BCUT2D eigenvalue weighted by molar-refractivity contribution is -0.129. The highest BCUT2D eigenvalue weighted by Crippen LogP contribution is 2.52. The average molecular weight is 386 g/mol. The molecular weight excluding hydrogens is 344 g/mol. The SMILES string of the molecule is CC.CC1CN(C2CC3(CCN(CC4CCNCC4)CC3)C2)CCC1(F)F. The first-order chi connectivity index (χ1) is 13.0.